The Morgan fingerprint density at radius 1 is 0.939 bits per heavy atom. The normalized spacial score (nSPS) is 10.8. The number of methoxy groups -OCH3 is 1. The van der Waals surface area contributed by atoms with Crippen LogP contribution in [0.2, 0.25) is 0 Å². The van der Waals surface area contributed by atoms with Crippen LogP contribution in [0.25, 0.3) is 22.3 Å². The highest BCUT2D eigenvalue weighted by Crippen LogP contribution is 2.27. The zero-order chi connectivity index (χ0) is 23.0. The van der Waals surface area contributed by atoms with Gasteiger partial charge in [0.2, 0.25) is 5.91 Å². The standard InChI is InChI=1S/C26H25FN4O2/c1-33-18-17-31(16-15-24(32)28-21-13-11-20(27)12-14-21)26-22-9-5-6-10-23(22)29-25(30-26)19-7-3-2-4-8-19/h2-14H,15-18H2,1H3,(H,28,32). The third kappa shape index (κ3) is 5.70. The summed E-state index contributed by atoms with van der Waals surface area (Å²) in [6, 6.07) is 23.4. The lowest BCUT2D eigenvalue weighted by molar-refractivity contribution is -0.116. The van der Waals surface area contributed by atoms with Gasteiger partial charge < -0.3 is 15.0 Å². The predicted molar refractivity (Wildman–Crippen MR) is 129 cm³/mol. The number of rotatable bonds is 9. The Hall–Kier alpha value is -3.84. The van der Waals surface area contributed by atoms with E-state index in [4.69, 9.17) is 14.7 Å². The van der Waals surface area contributed by atoms with Crippen molar-refractivity contribution in [1.29, 1.82) is 0 Å². The Morgan fingerprint density at radius 3 is 2.42 bits per heavy atom. The lowest BCUT2D eigenvalue weighted by Gasteiger charge is -2.25. The molecule has 0 spiro atoms. The number of anilines is 2. The van der Waals surface area contributed by atoms with E-state index in [-0.39, 0.29) is 18.1 Å². The Labute approximate surface area is 192 Å². The van der Waals surface area contributed by atoms with E-state index in [9.17, 15) is 9.18 Å². The summed E-state index contributed by atoms with van der Waals surface area (Å²) in [5.41, 5.74) is 2.31. The minimum atomic E-state index is -0.344. The molecule has 0 atom stereocenters. The maximum atomic E-state index is 13.1. The molecule has 0 fully saturated rings. The first kappa shape index (κ1) is 22.4. The molecule has 0 bridgehead atoms. The van der Waals surface area contributed by atoms with Crippen molar-refractivity contribution in [3.05, 3.63) is 84.7 Å². The van der Waals surface area contributed by atoms with Gasteiger partial charge in [0.15, 0.2) is 5.82 Å². The van der Waals surface area contributed by atoms with Crippen LogP contribution >= 0.6 is 0 Å². The lowest BCUT2D eigenvalue weighted by Crippen LogP contribution is -2.32. The van der Waals surface area contributed by atoms with Gasteiger partial charge in [0.05, 0.1) is 12.1 Å². The van der Waals surface area contributed by atoms with Crippen LogP contribution in [0, 0.1) is 5.82 Å². The van der Waals surface area contributed by atoms with Crippen molar-refractivity contribution >= 4 is 28.3 Å². The number of para-hydroxylation sites is 1. The SMILES string of the molecule is COCCN(CCC(=O)Nc1ccc(F)cc1)c1nc(-c2ccccc2)nc2ccccc12. The summed E-state index contributed by atoms with van der Waals surface area (Å²) >= 11 is 0. The maximum absolute atomic E-state index is 13.1. The van der Waals surface area contributed by atoms with Crippen LogP contribution in [0.1, 0.15) is 6.42 Å². The molecule has 33 heavy (non-hydrogen) atoms. The van der Waals surface area contributed by atoms with Gasteiger partial charge in [0.1, 0.15) is 11.6 Å². The number of amides is 1. The first-order chi connectivity index (χ1) is 16.1. The van der Waals surface area contributed by atoms with E-state index in [1.807, 2.05) is 59.5 Å². The molecule has 4 rings (SSSR count). The smallest absolute Gasteiger partial charge is 0.226 e. The highest BCUT2D eigenvalue weighted by atomic mass is 19.1. The molecule has 0 aliphatic carbocycles. The molecule has 1 heterocycles. The van der Waals surface area contributed by atoms with Crippen molar-refractivity contribution < 1.29 is 13.9 Å². The predicted octanol–water partition coefficient (Wildman–Crippen LogP) is 4.92. The number of nitrogens with zero attached hydrogens (tertiary/aromatic N) is 3. The van der Waals surface area contributed by atoms with Gasteiger partial charge in [-0.25, -0.2) is 14.4 Å². The quantitative estimate of drug-likeness (QED) is 0.397. The van der Waals surface area contributed by atoms with Gasteiger partial charge in [-0.3, -0.25) is 4.79 Å². The molecule has 1 aromatic heterocycles. The van der Waals surface area contributed by atoms with Crippen molar-refractivity contribution in [2.24, 2.45) is 0 Å². The van der Waals surface area contributed by atoms with E-state index in [0.717, 1.165) is 22.3 Å². The second-order valence-electron chi connectivity index (χ2n) is 7.54. The van der Waals surface area contributed by atoms with Crippen LogP contribution in [0.5, 0.6) is 0 Å². The second kappa shape index (κ2) is 10.7. The number of hydrogen-bond acceptors (Lipinski definition) is 5. The molecule has 3 aromatic carbocycles. The minimum absolute atomic E-state index is 0.161. The first-order valence-electron chi connectivity index (χ1n) is 10.8. The first-order valence-corrected chi connectivity index (χ1v) is 10.8. The van der Waals surface area contributed by atoms with Crippen LogP contribution in [-0.2, 0) is 9.53 Å². The number of carbonyl (C=O) groups is 1. The molecule has 4 aromatic rings. The third-order valence-corrected chi connectivity index (χ3v) is 5.22. The van der Waals surface area contributed by atoms with Gasteiger partial charge in [0.25, 0.3) is 0 Å². The largest absolute Gasteiger partial charge is 0.383 e. The molecule has 168 valence electrons. The van der Waals surface area contributed by atoms with Gasteiger partial charge in [-0.1, -0.05) is 42.5 Å². The second-order valence-corrected chi connectivity index (χ2v) is 7.54. The van der Waals surface area contributed by atoms with Crippen molar-refractivity contribution in [2.75, 3.05) is 37.0 Å². The molecule has 0 aliphatic heterocycles. The zero-order valence-electron chi connectivity index (χ0n) is 18.4. The Balaban J connectivity index is 1.61. The molecule has 1 N–H and O–H groups in total. The fourth-order valence-corrected chi connectivity index (χ4v) is 3.54. The molecule has 7 heteroatoms. The number of halogens is 1. The highest BCUT2D eigenvalue weighted by Gasteiger charge is 2.17. The van der Waals surface area contributed by atoms with Crippen LogP contribution in [0.4, 0.5) is 15.9 Å². The summed E-state index contributed by atoms with van der Waals surface area (Å²) in [6.45, 7) is 1.49. The summed E-state index contributed by atoms with van der Waals surface area (Å²) in [4.78, 5) is 24.2. The van der Waals surface area contributed by atoms with E-state index < -0.39 is 0 Å². The van der Waals surface area contributed by atoms with E-state index >= 15 is 0 Å². The number of benzene rings is 3. The summed E-state index contributed by atoms with van der Waals surface area (Å²) in [7, 11) is 1.65. The molecule has 0 unspecified atom stereocenters. The fourth-order valence-electron chi connectivity index (χ4n) is 3.54. The number of carbonyl (C=O) groups excluding carboxylic acids is 1. The zero-order valence-corrected chi connectivity index (χ0v) is 18.4. The van der Waals surface area contributed by atoms with Crippen LogP contribution in [-0.4, -0.2) is 42.7 Å². The Kier molecular flexibility index (Phi) is 7.22. The van der Waals surface area contributed by atoms with Crippen LogP contribution in [0.15, 0.2) is 78.9 Å². The summed E-state index contributed by atoms with van der Waals surface area (Å²) in [5.74, 6) is 0.878. The summed E-state index contributed by atoms with van der Waals surface area (Å²) in [5, 5.41) is 3.72. The van der Waals surface area contributed by atoms with E-state index in [1.54, 1.807) is 19.2 Å². The van der Waals surface area contributed by atoms with Crippen molar-refractivity contribution in [2.45, 2.75) is 6.42 Å². The van der Waals surface area contributed by atoms with Gasteiger partial charge in [-0.15, -0.1) is 0 Å². The number of ether oxygens (including phenoxy) is 1. The van der Waals surface area contributed by atoms with Crippen molar-refractivity contribution in [1.82, 2.24) is 9.97 Å². The number of nitrogens with one attached hydrogen (secondary N) is 1. The van der Waals surface area contributed by atoms with Gasteiger partial charge in [-0.2, -0.15) is 0 Å². The summed E-state index contributed by atoms with van der Waals surface area (Å²) < 4.78 is 18.4. The molecule has 0 aliphatic rings. The van der Waals surface area contributed by atoms with Crippen molar-refractivity contribution in [3.8, 4) is 11.4 Å². The Morgan fingerprint density at radius 2 is 1.67 bits per heavy atom. The van der Waals surface area contributed by atoms with Crippen molar-refractivity contribution in [3.63, 3.8) is 0 Å². The van der Waals surface area contributed by atoms with Crippen LogP contribution in [0.3, 0.4) is 0 Å². The molecule has 0 radical (unpaired) electrons. The third-order valence-electron chi connectivity index (χ3n) is 5.22. The van der Waals surface area contributed by atoms with E-state index in [1.165, 1.54) is 12.1 Å². The molecular weight excluding hydrogens is 419 g/mol. The lowest BCUT2D eigenvalue weighted by atomic mass is 10.1. The molecule has 1 amide bonds. The maximum Gasteiger partial charge on any atom is 0.226 e. The Bertz CT molecular complexity index is 1220. The molecule has 0 saturated heterocycles. The number of fused-ring (bicyclic) bond motifs is 1. The highest BCUT2D eigenvalue weighted by molar-refractivity contribution is 5.93. The fraction of sp³-hybridized carbons (Fsp3) is 0.192. The molecule has 0 saturated carbocycles. The minimum Gasteiger partial charge on any atom is -0.383 e. The van der Waals surface area contributed by atoms with E-state index in [2.05, 4.69) is 5.32 Å². The molecule has 6 nitrogen and oxygen atoms in total. The van der Waals surface area contributed by atoms with Gasteiger partial charge in [-0.05, 0) is 36.4 Å². The van der Waals surface area contributed by atoms with E-state index in [0.29, 0.717) is 31.2 Å². The average Bonchev–Trinajstić information content (AvgIpc) is 2.85. The van der Waals surface area contributed by atoms with Gasteiger partial charge in [0, 0.05) is 43.3 Å². The summed E-state index contributed by atoms with van der Waals surface area (Å²) in [6.07, 6.45) is 0.236. The average molecular weight is 445 g/mol. The monoisotopic (exact) mass is 444 g/mol. The number of hydrogen-bond donors (Lipinski definition) is 1. The van der Waals surface area contributed by atoms with Crippen LogP contribution < -0.4 is 10.2 Å². The molecular formula is C26H25FN4O2. The van der Waals surface area contributed by atoms with Gasteiger partial charge >= 0.3 is 0 Å². The topological polar surface area (TPSA) is 67.3 Å². The number of aromatic nitrogens is 2.